The molecule has 2 unspecified atom stereocenters. The van der Waals surface area contributed by atoms with Crippen LogP contribution in [0.3, 0.4) is 0 Å². The van der Waals surface area contributed by atoms with Gasteiger partial charge in [-0.05, 0) is 43.7 Å². The van der Waals surface area contributed by atoms with Gasteiger partial charge in [-0.25, -0.2) is 0 Å². The van der Waals surface area contributed by atoms with Crippen LogP contribution in [0.1, 0.15) is 45.4 Å². The lowest BCUT2D eigenvalue weighted by atomic mass is 9.88. The molecule has 2 heterocycles. The molecule has 0 bridgehead atoms. The van der Waals surface area contributed by atoms with E-state index in [1.54, 1.807) is 0 Å². The summed E-state index contributed by atoms with van der Waals surface area (Å²) in [5.41, 5.74) is 3.84. The van der Waals surface area contributed by atoms with Crippen molar-refractivity contribution in [3.8, 4) is 0 Å². The molecular formula is C18H31N3. The van der Waals surface area contributed by atoms with Crippen molar-refractivity contribution in [1.82, 2.24) is 10.3 Å². The van der Waals surface area contributed by atoms with Gasteiger partial charge in [0.15, 0.2) is 0 Å². The van der Waals surface area contributed by atoms with Crippen LogP contribution in [0.4, 0.5) is 5.69 Å². The molecule has 0 aromatic carbocycles. The number of pyridine rings is 1. The number of anilines is 1. The van der Waals surface area contributed by atoms with E-state index in [1.165, 1.54) is 30.8 Å². The standard InChI is InChI=1S/C18H31N3/c1-13(2)9-19-10-17-11-20-16(5)8-18(17)21-7-6-14(3)15(4)12-21/h8,11,13-15,19H,6-7,9-10,12H2,1-5H3. The van der Waals surface area contributed by atoms with E-state index >= 15 is 0 Å². The van der Waals surface area contributed by atoms with Crippen LogP contribution in [0.2, 0.25) is 0 Å². The third kappa shape index (κ3) is 4.44. The molecule has 1 N–H and O–H groups in total. The average Bonchev–Trinajstić information content (AvgIpc) is 2.43. The maximum atomic E-state index is 4.50. The molecule has 21 heavy (non-hydrogen) atoms. The van der Waals surface area contributed by atoms with E-state index in [1.807, 2.05) is 0 Å². The fourth-order valence-electron chi connectivity index (χ4n) is 2.98. The van der Waals surface area contributed by atoms with Crippen molar-refractivity contribution < 1.29 is 0 Å². The molecular weight excluding hydrogens is 258 g/mol. The van der Waals surface area contributed by atoms with Crippen LogP contribution in [-0.2, 0) is 6.54 Å². The Bertz CT molecular complexity index is 456. The van der Waals surface area contributed by atoms with Crippen LogP contribution >= 0.6 is 0 Å². The Morgan fingerprint density at radius 1 is 1.33 bits per heavy atom. The van der Waals surface area contributed by atoms with Crippen LogP contribution in [0, 0.1) is 24.7 Å². The number of aromatic nitrogens is 1. The van der Waals surface area contributed by atoms with Crippen molar-refractivity contribution in [2.45, 2.75) is 47.6 Å². The molecule has 3 nitrogen and oxygen atoms in total. The van der Waals surface area contributed by atoms with Crippen molar-refractivity contribution in [2.24, 2.45) is 17.8 Å². The van der Waals surface area contributed by atoms with Crippen molar-refractivity contribution >= 4 is 5.69 Å². The highest BCUT2D eigenvalue weighted by Gasteiger charge is 2.24. The SMILES string of the molecule is Cc1cc(N2CCC(C)C(C)C2)c(CNCC(C)C)cn1. The summed E-state index contributed by atoms with van der Waals surface area (Å²) in [5, 5.41) is 3.55. The zero-order valence-corrected chi connectivity index (χ0v) is 14.3. The lowest BCUT2D eigenvalue weighted by molar-refractivity contribution is 0.323. The van der Waals surface area contributed by atoms with Gasteiger partial charge in [-0.15, -0.1) is 0 Å². The first-order valence-electron chi connectivity index (χ1n) is 8.38. The lowest BCUT2D eigenvalue weighted by Gasteiger charge is -2.38. The summed E-state index contributed by atoms with van der Waals surface area (Å²) in [5.74, 6) is 2.29. The molecule has 1 aromatic rings. The third-order valence-corrected chi connectivity index (χ3v) is 4.64. The minimum atomic E-state index is 0.683. The van der Waals surface area contributed by atoms with Gasteiger partial charge >= 0.3 is 0 Å². The topological polar surface area (TPSA) is 28.2 Å². The smallest absolute Gasteiger partial charge is 0.0445 e. The largest absolute Gasteiger partial charge is 0.371 e. The number of aryl methyl sites for hydroxylation is 1. The van der Waals surface area contributed by atoms with E-state index < -0.39 is 0 Å². The first-order chi connectivity index (χ1) is 9.97. The first kappa shape index (κ1) is 16.3. The second-order valence-electron chi connectivity index (χ2n) is 7.17. The lowest BCUT2D eigenvalue weighted by Crippen LogP contribution is -2.39. The molecule has 2 atom stereocenters. The summed E-state index contributed by atoms with van der Waals surface area (Å²) >= 11 is 0. The summed E-state index contributed by atoms with van der Waals surface area (Å²) in [7, 11) is 0. The van der Waals surface area contributed by atoms with Gasteiger partial charge < -0.3 is 10.2 Å². The molecule has 1 aromatic heterocycles. The minimum absolute atomic E-state index is 0.683. The van der Waals surface area contributed by atoms with Crippen LogP contribution < -0.4 is 10.2 Å². The quantitative estimate of drug-likeness (QED) is 0.897. The van der Waals surface area contributed by atoms with Gasteiger partial charge in [0.1, 0.15) is 0 Å². The average molecular weight is 289 g/mol. The van der Waals surface area contributed by atoms with Crippen LogP contribution in [0.25, 0.3) is 0 Å². The van der Waals surface area contributed by atoms with Gasteiger partial charge in [0, 0.05) is 42.8 Å². The molecule has 0 saturated carbocycles. The fraction of sp³-hybridized carbons (Fsp3) is 0.722. The fourth-order valence-corrected chi connectivity index (χ4v) is 2.98. The molecule has 1 fully saturated rings. The Morgan fingerprint density at radius 2 is 2.10 bits per heavy atom. The van der Waals surface area contributed by atoms with Gasteiger partial charge in [0.25, 0.3) is 0 Å². The zero-order valence-electron chi connectivity index (χ0n) is 14.3. The molecule has 1 aliphatic heterocycles. The molecule has 3 heteroatoms. The second-order valence-corrected chi connectivity index (χ2v) is 7.17. The number of nitrogens with zero attached hydrogens (tertiary/aromatic N) is 2. The summed E-state index contributed by atoms with van der Waals surface area (Å²) in [6, 6.07) is 2.26. The maximum Gasteiger partial charge on any atom is 0.0445 e. The van der Waals surface area contributed by atoms with E-state index in [0.717, 1.165) is 30.6 Å². The molecule has 1 aliphatic rings. The van der Waals surface area contributed by atoms with Crippen molar-refractivity contribution in [1.29, 1.82) is 0 Å². The Labute approximate surface area is 130 Å². The molecule has 0 spiro atoms. The highest BCUT2D eigenvalue weighted by atomic mass is 15.1. The van der Waals surface area contributed by atoms with E-state index in [4.69, 9.17) is 0 Å². The molecule has 0 radical (unpaired) electrons. The van der Waals surface area contributed by atoms with Crippen LogP contribution in [0.5, 0.6) is 0 Å². The number of hydrogen-bond acceptors (Lipinski definition) is 3. The normalized spacial score (nSPS) is 22.9. The monoisotopic (exact) mass is 289 g/mol. The van der Waals surface area contributed by atoms with Crippen molar-refractivity contribution in [3.05, 3.63) is 23.5 Å². The van der Waals surface area contributed by atoms with E-state index in [-0.39, 0.29) is 0 Å². The molecule has 118 valence electrons. The zero-order chi connectivity index (χ0) is 15.4. The Balaban J connectivity index is 2.11. The number of rotatable bonds is 5. The predicted molar refractivity (Wildman–Crippen MR) is 90.7 cm³/mol. The van der Waals surface area contributed by atoms with Crippen molar-refractivity contribution in [2.75, 3.05) is 24.5 Å². The minimum Gasteiger partial charge on any atom is -0.371 e. The van der Waals surface area contributed by atoms with Crippen LogP contribution in [0.15, 0.2) is 12.3 Å². The molecule has 0 aliphatic carbocycles. The third-order valence-electron chi connectivity index (χ3n) is 4.64. The van der Waals surface area contributed by atoms with Gasteiger partial charge in [0.2, 0.25) is 0 Å². The van der Waals surface area contributed by atoms with E-state index in [2.05, 4.69) is 62.1 Å². The van der Waals surface area contributed by atoms with Gasteiger partial charge in [-0.1, -0.05) is 27.7 Å². The Hall–Kier alpha value is -1.09. The van der Waals surface area contributed by atoms with E-state index in [9.17, 15) is 0 Å². The predicted octanol–water partition coefficient (Wildman–Crippen LogP) is 3.62. The summed E-state index contributed by atoms with van der Waals surface area (Å²) < 4.78 is 0. The van der Waals surface area contributed by atoms with Gasteiger partial charge in [-0.2, -0.15) is 0 Å². The number of nitrogens with one attached hydrogen (secondary N) is 1. The number of piperidine rings is 1. The highest BCUT2D eigenvalue weighted by molar-refractivity contribution is 5.54. The number of hydrogen-bond donors (Lipinski definition) is 1. The Morgan fingerprint density at radius 3 is 2.76 bits per heavy atom. The van der Waals surface area contributed by atoms with Crippen molar-refractivity contribution in [3.63, 3.8) is 0 Å². The molecule has 1 saturated heterocycles. The van der Waals surface area contributed by atoms with E-state index in [0.29, 0.717) is 5.92 Å². The first-order valence-corrected chi connectivity index (χ1v) is 8.38. The summed E-state index contributed by atoms with van der Waals surface area (Å²) in [6.45, 7) is 15.7. The van der Waals surface area contributed by atoms with Crippen LogP contribution in [-0.4, -0.2) is 24.6 Å². The maximum absolute atomic E-state index is 4.50. The highest BCUT2D eigenvalue weighted by Crippen LogP contribution is 2.29. The second kappa shape index (κ2) is 7.26. The summed E-state index contributed by atoms with van der Waals surface area (Å²) in [6.07, 6.45) is 3.35. The van der Waals surface area contributed by atoms with Gasteiger partial charge in [-0.3, -0.25) is 4.98 Å². The summed E-state index contributed by atoms with van der Waals surface area (Å²) in [4.78, 5) is 7.06. The molecule has 0 amide bonds. The van der Waals surface area contributed by atoms with Gasteiger partial charge in [0.05, 0.1) is 0 Å². The Kier molecular flexibility index (Phi) is 5.63. The molecule has 2 rings (SSSR count).